The van der Waals surface area contributed by atoms with Crippen molar-refractivity contribution in [1.29, 1.82) is 0 Å². The predicted molar refractivity (Wildman–Crippen MR) is 120 cm³/mol. The van der Waals surface area contributed by atoms with E-state index in [2.05, 4.69) is 69.2 Å². The van der Waals surface area contributed by atoms with Crippen LogP contribution in [0.1, 0.15) is 83.1 Å². The summed E-state index contributed by atoms with van der Waals surface area (Å²) in [5, 5.41) is 16.5. The van der Waals surface area contributed by atoms with Crippen LogP contribution in [0, 0.1) is 17.3 Å². The molecule has 30 heavy (non-hydrogen) atoms. The number of carboxylic acid groups (broad SMARTS) is 2. The van der Waals surface area contributed by atoms with Gasteiger partial charge >= 0.3 is 11.9 Å². The van der Waals surface area contributed by atoms with Gasteiger partial charge in [0.25, 0.3) is 0 Å². The molecule has 0 aromatic carbocycles. The van der Waals surface area contributed by atoms with E-state index in [1.54, 1.807) is 0 Å². The molecule has 0 aromatic heterocycles. The van der Waals surface area contributed by atoms with Gasteiger partial charge in [0, 0.05) is 33.6 Å². The summed E-state index contributed by atoms with van der Waals surface area (Å²) in [6.45, 7) is 24.3. The van der Waals surface area contributed by atoms with Crippen LogP contribution in [0.25, 0.3) is 0 Å². The number of carboxylic acids is 2. The minimum absolute atomic E-state index is 0. The van der Waals surface area contributed by atoms with Gasteiger partial charge in [-0.15, -0.1) is 0 Å². The van der Waals surface area contributed by atoms with Gasteiger partial charge in [0.15, 0.2) is 5.41 Å². The van der Waals surface area contributed by atoms with Crippen LogP contribution >= 0.6 is 0 Å². The average Bonchev–Trinajstić information content (AvgIpc) is 2.93. The van der Waals surface area contributed by atoms with Crippen molar-refractivity contribution >= 4 is 11.9 Å². The largest absolute Gasteiger partial charge is 0.480 e. The Morgan fingerprint density at radius 1 is 0.500 bits per heavy atom. The molecule has 5 heteroatoms. The Labute approximate surface area is 198 Å². The molecular formula is C25H38O4Ti. The van der Waals surface area contributed by atoms with Crippen molar-refractivity contribution in [3.63, 3.8) is 0 Å². The molecule has 2 N–H and O–H groups in total. The monoisotopic (exact) mass is 450 g/mol. The van der Waals surface area contributed by atoms with Gasteiger partial charge in [-0.1, -0.05) is 36.1 Å². The van der Waals surface area contributed by atoms with Gasteiger partial charge < -0.3 is 10.2 Å². The summed E-state index contributed by atoms with van der Waals surface area (Å²) in [6, 6.07) is 0. The molecule has 2 rings (SSSR count). The molecular weight excluding hydrogens is 412 g/mol. The van der Waals surface area contributed by atoms with Crippen LogP contribution in [-0.2, 0) is 31.3 Å². The van der Waals surface area contributed by atoms with Crippen LogP contribution in [0.15, 0.2) is 44.6 Å². The van der Waals surface area contributed by atoms with Crippen molar-refractivity contribution in [3.8, 4) is 0 Å². The topological polar surface area (TPSA) is 74.6 Å². The van der Waals surface area contributed by atoms with Gasteiger partial charge in [-0.05, 0) is 91.5 Å². The second kappa shape index (κ2) is 11.9. The third kappa shape index (κ3) is 6.82. The van der Waals surface area contributed by atoms with Crippen molar-refractivity contribution in [3.05, 3.63) is 56.4 Å². The SMILES string of the molecule is CC(C)(C(=O)O)C(=O)O.C[C]1C(C)=C(C)C(C)=C1C.C[C]1C(C)=C(C)C(C)=C1C.[Ti]. The predicted octanol–water partition coefficient (Wildman–Crippen LogP) is 6.71. The molecule has 2 aliphatic rings. The molecule has 0 unspecified atom stereocenters. The second-order valence-electron chi connectivity index (χ2n) is 8.49. The van der Waals surface area contributed by atoms with E-state index in [-0.39, 0.29) is 21.7 Å². The maximum absolute atomic E-state index is 10.1. The van der Waals surface area contributed by atoms with Gasteiger partial charge in [-0.3, -0.25) is 9.59 Å². The molecule has 0 aliphatic heterocycles. The van der Waals surface area contributed by atoms with Gasteiger partial charge in [0.2, 0.25) is 0 Å². The third-order valence-corrected chi connectivity index (χ3v) is 6.69. The molecule has 166 valence electrons. The van der Waals surface area contributed by atoms with Crippen LogP contribution in [-0.4, -0.2) is 22.2 Å². The average molecular weight is 450 g/mol. The van der Waals surface area contributed by atoms with Crippen LogP contribution < -0.4 is 0 Å². The maximum Gasteiger partial charge on any atom is 0.320 e. The first-order valence-corrected chi connectivity index (χ1v) is 9.86. The number of hydrogen-bond donors (Lipinski definition) is 2. The number of hydrogen-bond acceptors (Lipinski definition) is 2. The van der Waals surface area contributed by atoms with E-state index in [1.165, 1.54) is 56.4 Å². The van der Waals surface area contributed by atoms with Gasteiger partial charge in [0.05, 0.1) is 0 Å². The van der Waals surface area contributed by atoms with Crippen molar-refractivity contribution in [2.45, 2.75) is 83.1 Å². The quantitative estimate of drug-likeness (QED) is 0.362. The molecule has 4 nitrogen and oxygen atoms in total. The molecule has 0 amide bonds. The molecule has 0 saturated heterocycles. The zero-order chi connectivity index (χ0) is 23.4. The Morgan fingerprint density at radius 3 is 0.700 bits per heavy atom. The second-order valence-corrected chi connectivity index (χ2v) is 8.49. The molecule has 0 spiro atoms. The van der Waals surface area contributed by atoms with E-state index in [0.717, 1.165) is 13.8 Å². The molecule has 0 saturated carbocycles. The Morgan fingerprint density at radius 2 is 0.667 bits per heavy atom. The Bertz CT molecular complexity index is 693. The van der Waals surface area contributed by atoms with E-state index >= 15 is 0 Å². The summed E-state index contributed by atoms with van der Waals surface area (Å²) in [4.78, 5) is 20.2. The molecule has 0 aromatic rings. The fourth-order valence-electron chi connectivity index (χ4n) is 2.90. The van der Waals surface area contributed by atoms with E-state index in [4.69, 9.17) is 10.2 Å². The Hall–Kier alpha value is -1.39. The standard InChI is InChI=1S/2C10H15.C5H8O4.Ti/c2*1-6-7(2)9(4)10(5)8(6)3;1-5(2,3(6)7)4(8)9;/h2*1-5H3;1-2H3,(H,6,7)(H,8,9);. The zero-order valence-corrected chi connectivity index (χ0v) is 22.3. The zero-order valence-electron chi connectivity index (χ0n) is 20.7. The summed E-state index contributed by atoms with van der Waals surface area (Å²) in [5.74, 6) is 0.287. The molecule has 2 radical (unpaired) electrons. The molecule has 0 atom stereocenters. The maximum atomic E-state index is 10.1. The van der Waals surface area contributed by atoms with E-state index in [9.17, 15) is 9.59 Å². The van der Waals surface area contributed by atoms with Crippen molar-refractivity contribution in [1.82, 2.24) is 0 Å². The smallest absolute Gasteiger partial charge is 0.320 e. The minimum Gasteiger partial charge on any atom is -0.480 e. The normalized spacial score (nSPS) is 17.5. The van der Waals surface area contributed by atoms with Gasteiger partial charge in [-0.2, -0.15) is 0 Å². The number of aliphatic carboxylic acids is 2. The molecule has 0 bridgehead atoms. The van der Waals surface area contributed by atoms with Crippen molar-refractivity contribution in [2.24, 2.45) is 5.41 Å². The fourth-order valence-corrected chi connectivity index (χ4v) is 2.90. The van der Waals surface area contributed by atoms with E-state index in [0.29, 0.717) is 0 Å². The number of rotatable bonds is 2. The first-order chi connectivity index (χ1) is 13.0. The fraction of sp³-hybridized carbons (Fsp3) is 0.520. The molecule has 0 fully saturated rings. The van der Waals surface area contributed by atoms with Gasteiger partial charge in [-0.25, -0.2) is 0 Å². The van der Waals surface area contributed by atoms with E-state index in [1.807, 2.05) is 0 Å². The summed E-state index contributed by atoms with van der Waals surface area (Å²) in [6.07, 6.45) is 0. The summed E-state index contributed by atoms with van der Waals surface area (Å²) < 4.78 is 0. The van der Waals surface area contributed by atoms with Crippen LogP contribution in [0.5, 0.6) is 0 Å². The molecule has 0 heterocycles. The first kappa shape index (κ1) is 30.8. The summed E-state index contributed by atoms with van der Waals surface area (Å²) in [7, 11) is 0. The van der Waals surface area contributed by atoms with Crippen LogP contribution in [0.2, 0.25) is 0 Å². The summed E-state index contributed by atoms with van der Waals surface area (Å²) in [5.41, 5.74) is 10.1. The van der Waals surface area contributed by atoms with E-state index < -0.39 is 17.4 Å². The van der Waals surface area contributed by atoms with Crippen LogP contribution in [0.4, 0.5) is 0 Å². The molecule has 2 aliphatic carbocycles. The summed E-state index contributed by atoms with van der Waals surface area (Å²) >= 11 is 0. The Kier molecular flexibility index (Phi) is 12.2. The number of carbonyl (C=O) groups is 2. The number of allylic oxidation sites excluding steroid dienone is 8. The first-order valence-electron chi connectivity index (χ1n) is 9.86. The Balaban J connectivity index is 0. The third-order valence-electron chi connectivity index (χ3n) is 6.69. The van der Waals surface area contributed by atoms with Crippen molar-refractivity contribution in [2.75, 3.05) is 0 Å². The minimum atomic E-state index is -1.67. The van der Waals surface area contributed by atoms with Crippen molar-refractivity contribution < 1.29 is 41.5 Å². The van der Waals surface area contributed by atoms with Crippen LogP contribution in [0.3, 0.4) is 0 Å². The van der Waals surface area contributed by atoms with Gasteiger partial charge in [0.1, 0.15) is 0 Å².